The quantitative estimate of drug-likeness (QED) is 0.589. The molecule has 1 aliphatic rings. The Balaban J connectivity index is 2.16. The van der Waals surface area contributed by atoms with E-state index in [1.165, 1.54) is 5.69 Å². The first kappa shape index (κ1) is 15.4. The van der Waals surface area contributed by atoms with Crippen LogP contribution in [0.4, 0.5) is 0 Å². The zero-order valence-electron chi connectivity index (χ0n) is 12.7. The van der Waals surface area contributed by atoms with Crippen molar-refractivity contribution in [2.24, 2.45) is 12.9 Å². The molecule has 1 saturated heterocycles. The molecule has 0 bridgehead atoms. The summed E-state index contributed by atoms with van der Waals surface area (Å²) in [5.41, 5.74) is 4.97. The number of hydrogen-bond donors (Lipinski definition) is 2. The highest BCUT2D eigenvalue weighted by Gasteiger charge is 2.40. The Bertz CT molecular complexity index is 427. The minimum absolute atomic E-state index is 0.0523. The van der Waals surface area contributed by atoms with E-state index in [0.717, 1.165) is 44.6 Å². The third kappa shape index (κ3) is 3.03. The molecule has 2 rings (SSSR count). The lowest BCUT2D eigenvalue weighted by Crippen LogP contribution is -2.58. The van der Waals surface area contributed by atoms with Crippen molar-refractivity contribution < 1.29 is 9.47 Å². The summed E-state index contributed by atoms with van der Waals surface area (Å²) < 4.78 is 13.2. The van der Waals surface area contributed by atoms with Gasteiger partial charge in [0.2, 0.25) is 0 Å². The van der Waals surface area contributed by atoms with E-state index in [2.05, 4.69) is 23.5 Å². The molecule has 2 heterocycles. The van der Waals surface area contributed by atoms with Crippen molar-refractivity contribution >= 4 is 0 Å². The molecular formula is C14H26N4O2. The number of hydrogen-bond acceptors (Lipinski definition) is 5. The summed E-state index contributed by atoms with van der Waals surface area (Å²) in [6.45, 7) is 3.55. The highest BCUT2D eigenvalue weighted by Crippen LogP contribution is 2.30. The first-order valence-electron chi connectivity index (χ1n) is 7.26. The van der Waals surface area contributed by atoms with Gasteiger partial charge >= 0.3 is 0 Å². The fraction of sp³-hybridized carbons (Fsp3) is 0.786. The first-order valence-corrected chi connectivity index (χ1v) is 7.26. The van der Waals surface area contributed by atoms with Crippen LogP contribution in [0.5, 0.6) is 0 Å². The molecule has 3 N–H and O–H groups in total. The summed E-state index contributed by atoms with van der Waals surface area (Å²) in [5.74, 6) is 5.80. The van der Waals surface area contributed by atoms with Crippen LogP contribution in [-0.2, 0) is 29.4 Å². The van der Waals surface area contributed by atoms with Gasteiger partial charge < -0.3 is 9.47 Å². The maximum Gasteiger partial charge on any atom is 0.0891 e. The second kappa shape index (κ2) is 6.67. The number of rotatable bonds is 6. The van der Waals surface area contributed by atoms with Crippen LogP contribution in [0.2, 0.25) is 0 Å². The number of ether oxygens (including phenoxy) is 2. The molecule has 6 nitrogen and oxygen atoms in total. The molecule has 114 valence electrons. The topological polar surface area (TPSA) is 74.3 Å². The van der Waals surface area contributed by atoms with Crippen LogP contribution in [0, 0.1) is 0 Å². The van der Waals surface area contributed by atoms with Gasteiger partial charge in [-0.1, -0.05) is 6.92 Å². The van der Waals surface area contributed by atoms with E-state index < -0.39 is 0 Å². The number of methoxy groups -OCH3 is 1. The Labute approximate surface area is 120 Å². The Morgan fingerprint density at radius 1 is 1.55 bits per heavy atom. The molecule has 6 heteroatoms. The van der Waals surface area contributed by atoms with Crippen LogP contribution in [0.15, 0.2) is 6.07 Å². The molecule has 0 amide bonds. The number of nitrogens with zero attached hydrogens (tertiary/aromatic N) is 2. The van der Waals surface area contributed by atoms with E-state index in [1.807, 2.05) is 11.7 Å². The molecule has 1 unspecified atom stereocenters. The summed E-state index contributed by atoms with van der Waals surface area (Å²) >= 11 is 0. The minimum atomic E-state index is -0.260. The number of nitrogens with two attached hydrogens (primary N) is 1. The van der Waals surface area contributed by atoms with Crippen LogP contribution in [0.25, 0.3) is 0 Å². The molecule has 0 saturated carbocycles. The summed E-state index contributed by atoms with van der Waals surface area (Å²) in [6.07, 6.45) is 3.46. The molecule has 0 aromatic carbocycles. The second-order valence-electron chi connectivity index (χ2n) is 5.41. The maximum absolute atomic E-state index is 5.82. The largest absolute Gasteiger partial charge is 0.381 e. The summed E-state index contributed by atoms with van der Waals surface area (Å²) in [7, 11) is 3.74. The van der Waals surface area contributed by atoms with Crippen molar-refractivity contribution in [3.63, 3.8) is 0 Å². The average Bonchev–Trinajstić information content (AvgIpc) is 2.85. The Kier molecular flexibility index (Phi) is 5.15. The standard InChI is InChI=1S/C14H26N4O2/c1-4-11-9-12(18(2)17-11)10-13(16-15)14(19-3)5-7-20-8-6-14/h9,13,16H,4-8,10,15H2,1-3H3. The van der Waals surface area contributed by atoms with E-state index >= 15 is 0 Å². The SMILES string of the molecule is CCc1cc(CC(NN)C2(OC)CCOCC2)n(C)n1. The monoisotopic (exact) mass is 282 g/mol. The lowest BCUT2D eigenvalue weighted by atomic mass is 9.84. The average molecular weight is 282 g/mol. The molecule has 1 aromatic heterocycles. The van der Waals surface area contributed by atoms with E-state index in [-0.39, 0.29) is 11.6 Å². The molecule has 0 spiro atoms. The Hall–Kier alpha value is -0.950. The Morgan fingerprint density at radius 2 is 2.25 bits per heavy atom. The lowest BCUT2D eigenvalue weighted by molar-refractivity contribution is -0.110. The first-order chi connectivity index (χ1) is 9.65. The lowest BCUT2D eigenvalue weighted by Gasteiger charge is -2.42. The third-order valence-electron chi connectivity index (χ3n) is 4.38. The molecule has 0 radical (unpaired) electrons. The molecule has 0 aliphatic carbocycles. The molecule has 1 aliphatic heterocycles. The molecule has 1 aromatic rings. The predicted octanol–water partition coefficient (Wildman–Crippen LogP) is 0.553. The van der Waals surface area contributed by atoms with Crippen molar-refractivity contribution in [3.8, 4) is 0 Å². The Morgan fingerprint density at radius 3 is 2.75 bits per heavy atom. The van der Waals surface area contributed by atoms with Crippen LogP contribution in [0.1, 0.15) is 31.2 Å². The van der Waals surface area contributed by atoms with E-state index in [4.69, 9.17) is 15.3 Å². The molecular weight excluding hydrogens is 256 g/mol. The summed E-state index contributed by atoms with van der Waals surface area (Å²) in [4.78, 5) is 0. The van der Waals surface area contributed by atoms with Gasteiger partial charge in [-0.2, -0.15) is 5.10 Å². The highest BCUT2D eigenvalue weighted by molar-refractivity contribution is 5.13. The van der Waals surface area contributed by atoms with Crippen LogP contribution >= 0.6 is 0 Å². The van der Waals surface area contributed by atoms with Crippen molar-refractivity contribution in [2.45, 2.75) is 44.2 Å². The van der Waals surface area contributed by atoms with Gasteiger partial charge in [0, 0.05) is 52.3 Å². The fourth-order valence-corrected chi connectivity index (χ4v) is 2.95. The van der Waals surface area contributed by atoms with E-state index in [9.17, 15) is 0 Å². The van der Waals surface area contributed by atoms with Crippen LogP contribution in [-0.4, -0.2) is 41.7 Å². The van der Waals surface area contributed by atoms with E-state index in [0.29, 0.717) is 0 Å². The number of nitrogens with one attached hydrogen (secondary N) is 1. The van der Waals surface area contributed by atoms with Gasteiger partial charge in [0.15, 0.2) is 0 Å². The van der Waals surface area contributed by atoms with Crippen LogP contribution in [0.3, 0.4) is 0 Å². The number of hydrazine groups is 1. The fourth-order valence-electron chi connectivity index (χ4n) is 2.95. The van der Waals surface area contributed by atoms with E-state index in [1.54, 1.807) is 7.11 Å². The highest BCUT2D eigenvalue weighted by atomic mass is 16.5. The van der Waals surface area contributed by atoms with Gasteiger partial charge in [0.1, 0.15) is 0 Å². The molecule has 1 fully saturated rings. The van der Waals surface area contributed by atoms with Crippen molar-refractivity contribution in [3.05, 3.63) is 17.5 Å². The maximum atomic E-state index is 5.82. The minimum Gasteiger partial charge on any atom is -0.381 e. The summed E-state index contributed by atoms with van der Waals surface area (Å²) in [6, 6.07) is 2.20. The normalized spacial score (nSPS) is 20.0. The predicted molar refractivity (Wildman–Crippen MR) is 77.2 cm³/mol. The molecule has 1 atom stereocenters. The van der Waals surface area contributed by atoms with Gasteiger partial charge in [0.05, 0.1) is 17.3 Å². The molecule has 20 heavy (non-hydrogen) atoms. The second-order valence-corrected chi connectivity index (χ2v) is 5.41. The smallest absolute Gasteiger partial charge is 0.0891 e. The number of aromatic nitrogens is 2. The van der Waals surface area contributed by atoms with Crippen molar-refractivity contribution in [1.82, 2.24) is 15.2 Å². The third-order valence-corrected chi connectivity index (χ3v) is 4.38. The van der Waals surface area contributed by atoms with Gasteiger partial charge in [-0.15, -0.1) is 0 Å². The van der Waals surface area contributed by atoms with Crippen LogP contribution < -0.4 is 11.3 Å². The number of aryl methyl sites for hydroxylation is 2. The van der Waals surface area contributed by atoms with Crippen molar-refractivity contribution in [2.75, 3.05) is 20.3 Å². The van der Waals surface area contributed by atoms with Gasteiger partial charge in [-0.05, 0) is 12.5 Å². The van der Waals surface area contributed by atoms with Gasteiger partial charge in [0.25, 0.3) is 0 Å². The zero-order chi connectivity index (χ0) is 14.6. The van der Waals surface area contributed by atoms with Crippen molar-refractivity contribution in [1.29, 1.82) is 0 Å². The summed E-state index contributed by atoms with van der Waals surface area (Å²) in [5, 5.41) is 4.49. The van der Waals surface area contributed by atoms with Gasteiger partial charge in [-0.3, -0.25) is 16.0 Å². The zero-order valence-corrected chi connectivity index (χ0v) is 12.7. The van der Waals surface area contributed by atoms with Gasteiger partial charge in [-0.25, -0.2) is 0 Å².